The number of methoxy groups -OCH3 is 1. The second-order valence-corrected chi connectivity index (χ2v) is 8.51. The first kappa shape index (κ1) is 23.6. The maximum Gasteiger partial charge on any atom is 0.251 e. The van der Waals surface area contributed by atoms with Crippen molar-refractivity contribution in [3.05, 3.63) is 52.4 Å². The Morgan fingerprint density at radius 1 is 1.23 bits per heavy atom. The SMILES string of the molecule is COCc1ccc(CN2CCC(Oc3ccc(C(=O)NCCN(C)C)cc3Cl)CC2)o1. The molecule has 1 N–H and O–H groups in total. The molecule has 8 heteroatoms. The molecule has 0 aliphatic carbocycles. The summed E-state index contributed by atoms with van der Waals surface area (Å²) < 4.78 is 17.0. The number of hydrogen-bond acceptors (Lipinski definition) is 6. The summed E-state index contributed by atoms with van der Waals surface area (Å²) in [7, 11) is 5.60. The average molecular weight is 450 g/mol. The number of nitrogens with zero attached hydrogens (tertiary/aromatic N) is 2. The number of carbonyl (C=O) groups is 1. The van der Waals surface area contributed by atoms with Crippen LogP contribution in [0.2, 0.25) is 5.02 Å². The van der Waals surface area contributed by atoms with Gasteiger partial charge in [0.25, 0.3) is 5.91 Å². The van der Waals surface area contributed by atoms with Crippen LogP contribution in [-0.4, -0.2) is 69.2 Å². The van der Waals surface area contributed by atoms with E-state index in [2.05, 4.69) is 10.2 Å². The topological polar surface area (TPSA) is 67.2 Å². The molecule has 1 aliphatic heterocycles. The van der Waals surface area contributed by atoms with Crippen LogP contribution in [0.4, 0.5) is 0 Å². The van der Waals surface area contributed by atoms with E-state index >= 15 is 0 Å². The number of nitrogens with one attached hydrogen (secondary N) is 1. The lowest BCUT2D eigenvalue weighted by Crippen LogP contribution is -2.37. The smallest absolute Gasteiger partial charge is 0.251 e. The zero-order chi connectivity index (χ0) is 22.2. The molecule has 0 atom stereocenters. The zero-order valence-corrected chi connectivity index (χ0v) is 19.3. The van der Waals surface area contributed by atoms with Gasteiger partial charge in [-0.05, 0) is 57.3 Å². The third-order valence-corrected chi connectivity index (χ3v) is 5.55. The molecular formula is C23H32ClN3O4. The predicted octanol–water partition coefficient (Wildman–Crippen LogP) is 3.41. The maximum absolute atomic E-state index is 12.3. The molecule has 1 aliphatic rings. The highest BCUT2D eigenvalue weighted by molar-refractivity contribution is 6.32. The van der Waals surface area contributed by atoms with E-state index in [1.54, 1.807) is 25.3 Å². The highest BCUT2D eigenvalue weighted by Gasteiger charge is 2.22. The molecule has 1 aromatic carbocycles. The second-order valence-electron chi connectivity index (χ2n) is 8.10. The molecule has 31 heavy (non-hydrogen) atoms. The highest BCUT2D eigenvalue weighted by Crippen LogP contribution is 2.29. The average Bonchev–Trinajstić information content (AvgIpc) is 3.17. The molecule has 1 amide bonds. The Labute approximate surface area is 189 Å². The molecule has 7 nitrogen and oxygen atoms in total. The number of carbonyl (C=O) groups excluding carboxylic acids is 1. The molecule has 3 rings (SSSR count). The Morgan fingerprint density at radius 3 is 2.65 bits per heavy atom. The fourth-order valence-electron chi connectivity index (χ4n) is 3.55. The summed E-state index contributed by atoms with van der Waals surface area (Å²) in [5.74, 6) is 2.30. The van der Waals surface area contributed by atoms with Crippen molar-refractivity contribution in [2.24, 2.45) is 0 Å². The van der Waals surface area contributed by atoms with E-state index in [1.807, 2.05) is 31.1 Å². The Hall–Kier alpha value is -2.06. The first-order valence-corrected chi connectivity index (χ1v) is 11.0. The van der Waals surface area contributed by atoms with Crippen LogP contribution >= 0.6 is 11.6 Å². The molecule has 0 spiro atoms. The number of halogens is 1. The molecule has 170 valence electrons. The Kier molecular flexibility index (Phi) is 8.78. The third kappa shape index (κ3) is 7.25. The van der Waals surface area contributed by atoms with Gasteiger partial charge in [-0.25, -0.2) is 0 Å². The van der Waals surface area contributed by atoms with Crippen LogP contribution in [0.3, 0.4) is 0 Å². The minimum atomic E-state index is -0.129. The normalized spacial score (nSPS) is 15.4. The van der Waals surface area contributed by atoms with E-state index in [1.165, 1.54) is 0 Å². The van der Waals surface area contributed by atoms with Crippen molar-refractivity contribution < 1.29 is 18.7 Å². The van der Waals surface area contributed by atoms with Gasteiger partial charge in [0.2, 0.25) is 0 Å². The van der Waals surface area contributed by atoms with E-state index in [-0.39, 0.29) is 12.0 Å². The van der Waals surface area contributed by atoms with Crippen LogP contribution < -0.4 is 10.1 Å². The van der Waals surface area contributed by atoms with Crippen molar-refractivity contribution in [3.8, 4) is 5.75 Å². The molecule has 1 saturated heterocycles. The van der Waals surface area contributed by atoms with E-state index in [4.69, 9.17) is 25.5 Å². The van der Waals surface area contributed by atoms with E-state index in [9.17, 15) is 4.79 Å². The summed E-state index contributed by atoms with van der Waals surface area (Å²) in [6.07, 6.45) is 1.93. The summed E-state index contributed by atoms with van der Waals surface area (Å²) >= 11 is 6.39. The summed E-state index contributed by atoms with van der Waals surface area (Å²) in [6, 6.07) is 9.19. The van der Waals surface area contributed by atoms with Crippen molar-refractivity contribution in [2.45, 2.75) is 32.1 Å². The van der Waals surface area contributed by atoms with Crippen molar-refractivity contribution in [1.82, 2.24) is 15.1 Å². The number of likely N-dealkylation sites (tertiary alicyclic amines) is 1. The van der Waals surface area contributed by atoms with Crippen LogP contribution in [0.5, 0.6) is 5.75 Å². The Morgan fingerprint density at radius 2 is 1.97 bits per heavy atom. The number of piperidine rings is 1. The standard InChI is InChI=1S/C23H32ClN3O4/c1-26(2)13-10-25-23(28)17-4-7-22(21(24)14-17)31-18-8-11-27(12-9-18)15-19-5-6-20(30-19)16-29-3/h4-7,14,18H,8-13,15-16H2,1-3H3,(H,25,28). The quantitative estimate of drug-likeness (QED) is 0.599. The molecule has 1 fully saturated rings. The summed E-state index contributed by atoms with van der Waals surface area (Å²) in [5, 5.41) is 3.35. The fraction of sp³-hybridized carbons (Fsp3) is 0.522. The number of furan rings is 1. The minimum absolute atomic E-state index is 0.106. The first-order chi connectivity index (χ1) is 14.9. The van der Waals surface area contributed by atoms with Crippen LogP contribution in [-0.2, 0) is 17.9 Å². The summed E-state index contributed by atoms with van der Waals surface area (Å²) in [5.41, 5.74) is 0.539. The van der Waals surface area contributed by atoms with Gasteiger partial charge in [0.15, 0.2) is 0 Å². The number of benzene rings is 1. The predicted molar refractivity (Wildman–Crippen MR) is 121 cm³/mol. The zero-order valence-electron chi connectivity index (χ0n) is 18.5. The molecule has 0 saturated carbocycles. The van der Waals surface area contributed by atoms with Crippen LogP contribution in [0.15, 0.2) is 34.7 Å². The van der Waals surface area contributed by atoms with E-state index < -0.39 is 0 Å². The van der Waals surface area contributed by atoms with E-state index in [0.29, 0.717) is 29.5 Å². The number of ether oxygens (including phenoxy) is 2. The summed E-state index contributed by atoms with van der Waals surface area (Å²) in [4.78, 5) is 16.6. The first-order valence-electron chi connectivity index (χ1n) is 10.6. The van der Waals surface area contributed by atoms with Crippen molar-refractivity contribution in [2.75, 3.05) is 47.4 Å². The van der Waals surface area contributed by atoms with Crippen molar-refractivity contribution in [1.29, 1.82) is 0 Å². The van der Waals surface area contributed by atoms with E-state index in [0.717, 1.165) is 50.5 Å². The van der Waals surface area contributed by atoms with Gasteiger partial charge >= 0.3 is 0 Å². The van der Waals surface area contributed by atoms with Crippen LogP contribution in [0.25, 0.3) is 0 Å². The molecule has 2 aromatic rings. The van der Waals surface area contributed by atoms with Gasteiger partial charge < -0.3 is 24.1 Å². The molecule has 0 unspecified atom stereocenters. The number of likely N-dealkylation sites (N-methyl/N-ethyl adjacent to an activating group) is 1. The number of hydrogen-bond donors (Lipinski definition) is 1. The third-order valence-electron chi connectivity index (χ3n) is 5.25. The Bertz CT molecular complexity index is 847. The summed E-state index contributed by atoms with van der Waals surface area (Å²) in [6.45, 7) is 4.51. The highest BCUT2D eigenvalue weighted by atomic mass is 35.5. The minimum Gasteiger partial charge on any atom is -0.489 e. The number of amides is 1. The monoisotopic (exact) mass is 449 g/mol. The lowest BCUT2D eigenvalue weighted by molar-refractivity contribution is 0.0914. The van der Waals surface area contributed by atoms with Gasteiger partial charge in [0.05, 0.1) is 11.6 Å². The lowest BCUT2D eigenvalue weighted by Gasteiger charge is -2.31. The van der Waals surface area contributed by atoms with Gasteiger partial charge in [0, 0.05) is 38.9 Å². The van der Waals surface area contributed by atoms with Crippen molar-refractivity contribution in [3.63, 3.8) is 0 Å². The fourth-order valence-corrected chi connectivity index (χ4v) is 3.77. The molecule has 2 heterocycles. The lowest BCUT2D eigenvalue weighted by atomic mass is 10.1. The van der Waals surface area contributed by atoms with Crippen molar-refractivity contribution >= 4 is 17.5 Å². The van der Waals surface area contributed by atoms with Gasteiger partial charge in [-0.2, -0.15) is 0 Å². The van der Waals surface area contributed by atoms with Crippen LogP contribution in [0, 0.1) is 0 Å². The van der Waals surface area contributed by atoms with Gasteiger partial charge in [-0.1, -0.05) is 11.6 Å². The maximum atomic E-state index is 12.3. The van der Waals surface area contributed by atoms with Gasteiger partial charge in [-0.3, -0.25) is 9.69 Å². The molecule has 0 radical (unpaired) electrons. The number of rotatable bonds is 10. The van der Waals surface area contributed by atoms with Gasteiger partial charge in [-0.15, -0.1) is 0 Å². The molecule has 0 bridgehead atoms. The molecule has 1 aromatic heterocycles. The largest absolute Gasteiger partial charge is 0.489 e. The Balaban J connectivity index is 1.45. The second kappa shape index (κ2) is 11.5. The van der Waals surface area contributed by atoms with Gasteiger partial charge in [0.1, 0.15) is 30.0 Å². The molecular weight excluding hydrogens is 418 g/mol. The van der Waals surface area contributed by atoms with Crippen LogP contribution in [0.1, 0.15) is 34.7 Å².